The van der Waals surface area contributed by atoms with Crippen molar-refractivity contribution in [2.45, 2.75) is 25.2 Å². The maximum Gasteiger partial charge on any atom is 0.248 e. The average molecular weight is 239 g/mol. The molecule has 94 valence electrons. The molecule has 1 saturated carbocycles. The van der Waals surface area contributed by atoms with Gasteiger partial charge in [-0.05, 0) is 25.3 Å². The molecule has 0 spiro atoms. The van der Waals surface area contributed by atoms with E-state index >= 15 is 0 Å². The van der Waals surface area contributed by atoms with Gasteiger partial charge in [0.15, 0.2) is 0 Å². The van der Waals surface area contributed by atoms with E-state index in [1.165, 1.54) is 18.4 Å². The molecule has 1 heterocycles. The van der Waals surface area contributed by atoms with Crippen LogP contribution >= 0.6 is 0 Å². The van der Waals surface area contributed by atoms with Gasteiger partial charge < -0.3 is 5.21 Å². The highest BCUT2D eigenvalue weighted by Crippen LogP contribution is 2.38. The lowest BCUT2D eigenvalue weighted by molar-refractivity contribution is -0.173. The summed E-state index contributed by atoms with van der Waals surface area (Å²) in [6, 6.07) is 1.79. The van der Waals surface area contributed by atoms with Crippen LogP contribution in [0.3, 0.4) is 0 Å². The van der Waals surface area contributed by atoms with Crippen LogP contribution in [0.5, 0.6) is 0 Å². The summed E-state index contributed by atoms with van der Waals surface area (Å²) in [5, 5.41) is 14.4. The second kappa shape index (κ2) is 4.75. The van der Waals surface area contributed by atoms with Crippen LogP contribution in [0.1, 0.15) is 30.9 Å². The molecule has 6 nitrogen and oxygen atoms in total. The first kappa shape index (κ1) is 11.9. The van der Waals surface area contributed by atoms with Crippen molar-refractivity contribution in [3.8, 4) is 0 Å². The normalized spacial score (nSPS) is 23.9. The zero-order valence-electron chi connectivity index (χ0n) is 10.0. The fraction of sp³-hybridized carbons (Fsp3) is 0.636. The molecule has 1 aliphatic rings. The van der Waals surface area contributed by atoms with Crippen LogP contribution in [0.2, 0.25) is 0 Å². The van der Waals surface area contributed by atoms with Gasteiger partial charge in [-0.25, -0.2) is 5.06 Å². The van der Waals surface area contributed by atoms with E-state index in [1.54, 1.807) is 13.1 Å². The third-order valence-corrected chi connectivity index (χ3v) is 3.38. The van der Waals surface area contributed by atoms with Crippen molar-refractivity contribution < 1.29 is 14.8 Å². The van der Waals surface area contributed by atoms with Crippen LogP contribution in [0, 0.1) is 5.92 Å². The van der Waals surface area contributed by atoms with Gasteiger partial charge in [-0.2, -0.15) is 0 Å². The first-order chi connectivity index (χ1) is 8.11. The molecule has 0 aromatic carbocycles. The zero-order valence-corrected chi connectivity index (χ0v) is 10.0. The summed E-state index contributed by atoms with van der Waals surface area (Å²) in [6.07, 6.45) is 4.04. The first-order valence-electron chi connectivity index (χ1n) is 5.68. The Hall–Kier alpha value is -1.56. The van der Waals surface area contributed by atoms with Crippen molar-refractivity contribution >= 4 is 5.91 Å². The van der Waals surface area contributed by atoms with E-state index in [2.05, 4.69) is 5.10 Å². The minimum absolute atomic E-state index is 0.00575. The van der Waals surface area contributed by atoms with Crippen molar-refractivity contribution in [2.75, 3.05) is 14.2 Å². The molecular weight excluding hydrogens is 222 g/mol. The summed E-state index contributed by atoms with van der Waals surface area (Å²) in [7, 11) is 3.11. The molecule has 0 aliphatic heterocycles. The molecule has 1 aromatic heterocycles. The lowest BCUT2D eigenvalue weighted by Gasteiger charge is -2.17. The van der Waals surface area contributed by atoms with E-state index in [4.69, 9.17) is 10.0 Å². The predicted octanol–water partition coefficient (Wildman–Crippen LogP) is 1.02. The molecule has 2 atom stereocenters. The Balaban J connectivity index is 1.98. The Morgan fingerprint density at radius 1 is 1.65 bits per heavy atom. The van der Waals surface area contributed by atoms with Gasteiger partial charge in [-0.15, -0.1) is 9.94 Å². The van der Waals surface area contributed by atoms with E-state index < -0.39 is 0 Å². The Morgan fingerprint density at radius 2 is 2.41 bits per heavy atom. The fourth-order valence-corrected chi connectivity index (χ4v) is 2.37. The SMILES string of the molecule is CON(C)C(=O)C1CCC(c2ccn(O)n2)C1. The van der Waals surface area contributed by atoms with Crippen molar-refractivity contribution in [1.82, 2.24) is 15.0 Å². The maximum atomic E-state index is 11.9. The number of rotatable bonds is 3. The van der Waals surface area contributed by atoms with Crippen LogP contribution < -0.4 is 0 Å². The first-order valence-corrected chi connectivity index (χ1v) is 5.68. The summed E-state index contributed by atoms with van der Waals surface area (Å²) in [4.78, 5) is 17.6. The van der Waals surface area contributed by atoms with Crippen LogP contribution in [0.15, 0.2) is 12.3 Å². The number of aromatic nitrogens is 2. The standard InChI is InChI=1S/C11H17N3O3/c1-13(17-2)11(15)9-4-3-8(7-9)10-5-6-14(16)12-10/h5-6,8-9,16H,3-4,7H2,1-2H3. The number of hydrogen-bond acceptors (Lipinski definition) is 4. The lowest BCUT2D eigenvalue weighted by Crippen LogP contribution is -2.30. The highest BCUT2D eigenvalue weighted by atomic mass is 16.7. The Labute approximate surface area is 99.7 Å². The third kappa shape index (κ3) is 2.41. The van der Waals surface area contributed by atoms with Crippen molar-refractivity contribution in [3.63, 3.8) is 0 Å². The Bertz CT molecular complexity index is 404. The van der Waals surface area contributed by atoms with E-state index in [0.29, 0.717) is 0 Å². The van der Waals surface area contributed by atoms with Crippen LogP contribution in [-0.2, 0) is 9.63 Å². The minimum atomic E-state index is -0.00575. The molecule has 17 heavy (non-hydrogen) atoms. The molecule has 0 saturated heterocycles. The van der Waals surface area contributed by atoms with Gasteiger partial charge >= 0.3 is 0 Å². The quantitative estimate of drug-likeness (QED) is 0.631. The molecule has 2 rings (SSSR count). The molecule has 1 N–H and O–H groups in total. The molecule has 1 aliphatic carbocycles. The molecule has 2 unspecified atom stereocenters. The molecule has 0 bridgehead atoms. The summed E-state index contributed by atoms with van der Waals surface area (Å²) in [5.41, 5.74) is 0.850. The Morgan fingerprint density at radius 3 is 3.00 bits per heavy atom. The predicted molar refractivity (Wildman–Crippen MR) is 59.3 cm³/mol. The van der Waals surface area contributed by atoms with Gasteiger partial charge in [-0.1, -0.05) is 0 Å². The molecule has 1 amide bonds. The molecule has 1 aromatic rings. The van der Waals surface area contributed by atoms with Crippen molar-refractivity contribution in [1.29, 1.82) is 0 Å². The maximum absolute atomic E-state index is 11.9. The smallest absolute Gasteiger partial charge is 0.248 e. The number of carbonyl (C=O) groups is 1. The van der Waals surface area contributed by atoms with E-state index in [0.717, 1.165) is 29.8 Å². The number of hydrogen-bond donors (Lipinski definition) is 1. The Kier molecular flexibility index (Phi) is 3.33. The molecule has 6 heteroatoms. The van der Waals surface area contributed by atoms with Gasteiger partial charge in [0.2, 0.25) is 5.91 Å². The summed E-state index contributed by atoms with van der Waals surface area (Å²) in [6.45, 7) is 0. The fourth-order valence-electron chi connectivity index (χ4n) is 2.37. The zero-order chi connectivity index (χ0) is 12.4. The van der Waals surface area contributed by atoms with E-state index in [1.807, 2.05) is 0 Å². The minimum Gasteiger partial charge on any atom is -0.412 e. The van der Waals surface area contributed by atoms with E-state index in [9.17, 15) is 4.79 Å². The second-order valence-electron chi connectivity index (χ2n) is 4.39. The highest BCUT2D eigenvalue weighted by Gasteiger charge is 2.33. The third-order valence-electron chi connectivity index (χ3n) is 3.38. The van der Waals surface area contributed by atoms with Crippen molar-refractivity contribution in [2.24, 2.45) is 5.92 Å². The van der Waals surface area contributed by atoms with Gasteiger partial charge in [-0.3, -0.25) is 9.63 Å². The molecule has 0 radical (unpaired) electrons. The van der Waals surface area contributed by atoms with Gasteiger partial charge in [0.05, 0.1) is 19.0 Å². The highest BCUT2D eigenvalue weighted by molar-refractivity contribution is 5.78. The number of hydroxylamine groups is 2. The van der Waals surface area contributed by atoms with Gasteiger partial charge in [0, 0.05) is 18.9 Å². The summed E-state index contributed by atoms with van der Waals surface area (Å²) < 4.78 is 0. The lowest BCUT2D eigenvalue weighted by atomic mass is 10.0. The molecular formula is C11H17N3O3. The van der Waals surface area contributed by atoms with Crippen LogP contribution in [0.25, 0.3) is 0 Å². The van der Waals surface area contributed by atoms with Gasteiger partial charge in [0.25, 0.3) is 0 Å². The average Bonchev–Trinajstić information content (AvgIpc) is 2.95. The largest absolute Gasteiger partial charge is 0.412 e. The van der Waals surface area contributed by atoms with Gasteiger partial charge in [0.1, 0.15) is 0 Å². The second-order valence-corrected chi connectivity index (χ2v) is 4.39. The summed E-state index contributed by atoms with van der Waals surface area (Å²) >= 11 is 0. The van der Waals surface area contributed by atoms with Crippen molar-refractivity contribution in [3.05, 3.63) is 18.0 Å². The number of amides is 1. The molecule has 1 fully saturated rings. The summed E-state index contributed by atoms with van der Waals surface area (Å²) in [5.74, 6) is 0.259. The number of nitrogens with zero attached hydrogens (tertiary/aromatic N) is 3. The topological polar surface area (TPSA) is 67.6 Å². The van der Waals surface area contributed by atoms with Crippen LogP contribution in [-0.4, -0.2) is 40.3 Å². The van der Waals surface area contributed by atoms with Crippen LogP contribution in [0.4, 0.5) is 0 Å². The monoisotopic (exact) mass is 239 g/mol. The van der Waals surface area contributed by atoms with E-state index in [-0.39, 0.29) is 17.7 Å². The number of carbonyl (C=O) groups excluding carboxylic acids is 1.